The average molecular weight is 438 g/mol. The number of carbonyl (C=O) groups excluding carboxylic acids is 1. The van der Waals surface area contributed by atoms with Crippen LogP contribution in [0.1, 0.15) is 17.5 Å². The van der Waals surface area contributed by atoms with E-state index in [1.807, 2.05) is 31.2 Å². The third-order valence-corrected chi connectivity index (χ3v) is 6.93. The first-order chi connectivity index (χ1) is 13.8. The van der Waals surface area contributed by atoms with Gasteiger partial charge in [0.05, 0.1) is 18.6 Å². The molecule has 0 aliphatic carbocycles. The Morgan fingerprint density at radius 1 is 1.24 bits per heavy atom. The zero-order chi connectivity index (χ0) is 21.0. The largest absolute Gasteiger partial charge is 0.497 e. The molecule has 3 rings (SSSR count). The van der Waals surface area contributed by atoms with Crippen LogP contribution in [-0.2, 0) is 21.2 Å². The molecule has 1 atom stereocenters. The Morgan fingerprint density at radius 2 is 2.03 bits per heavy atom. The number of halogens is 1. The number of hydrogen-bond acceptors (Lipinski definition) is 5. The predicted molar refractivity (Wildman–Crippen MR) is 112 cm³/mol. The molecule has 1 amide bonds. The number of rotatable bonds is 7. The fourth-order valence-electron chi connectivity index (χ4n) is 3.41. The maximum absolute atomic E-state index is 13.0. The highest BCUT2D eigenvalue weighted by molar-refractivity contribution is 7.91. The molecule has 1 aliphatic rings. The third kappa shape index (κ3) is 5.64. The first kappa shape index (κ1) is 21.5. The van der Waals surface area contributed by atoms with Crippen LogP contribution in [0, 0.1) is 6.92 Å². The molecule has 0 unspecified atom stereocenters. The van der Waals surface area contributed by atoms with Gasteiger partial charge in [-0.25, -0.2) is 8.42 Å². The van der Waals surface area contributed by atoms with Crippen LogP contribution in [-0.4, -0.2) is 50.5 Å². The normalized spacial score (nSPS) is 17.7. The summed E-state index contributed by atoms with van der Waals surface area (Å²) in [5.74, 6) is 1.06. The summed E-state index contributed by atoms with van der Waals surface area (Å²) in [6.45, 7) is 1.96. The average Bonchev–Trinajstić information content (AvgIpc) is 3.04. The van der Waals surface area contributed by atoms with Crippen LogP contribution in [0.5, 0.6) is 11.5 Å². The topological polar surface area (TPSA) is 72.9 Å². The Morgan fingerprint density at radius 3 is 2.69 bits per heavy atom. The molecule has 156 valence electrons. The van der Waals surface area contributed by atoms with Gasteiger partial charge in [-0.15, -0.1) is 0 Å². The highest BCUT2D eigenvalue weighted by atomic mass is 35.5. The van der Waals surface area contributed by atoms with E-state index in [0.717, 1.165) is 11.1 Å². The summed E-state index contributed by atoms with van der Waals surface area (Å²) in [6.07, 6.45) is 0.429. The van der Waals surface area contributed by atoms with Crippen LogP contribution in [0.25, 0.3) is 0 Å². The Bertz CT molecular complexity index is 992. The quantitative estimate of drug-likeness (QED) is 0.664. The molecule has 1 saturated heterocycles. The van der Waals surface area contributed by atoms with Gasteiger partial charge in [0.1, 0.15) is 11.5 Å². The molecule has 0 bridgehead atoms. The molecule has 2 aromatic carbocycles. The summed E-state index contributed by atoms with van der Waals surface area (Å²) in [6, 6.07) is 12.2. The van der Waals surface area contributed by atoms with Crippen LogP contribution < -0.4 is 9.47 Å². The summed E-state index contributed by atoms with van der Waals surface area (Å²) in [4.78, 5) is 14.6. The van der Waals surface area contributed by atoms with E-state index in [-0.39, 0.29) is 30.1 Å². The molecular weight excluding hydrogens is 414 g/mol. The maximum atomic E-state index is 13.0. The predicted octanol–water partition coefficient (Wildman–Crippen LogP) is 3.25. The van der Waals surface area contributed by atoms with Gasteiger partial charge in [0.15, 0.2) is 16.4 Å². The minimum atomic E-state index is -3.13. The zero-order valence-electron chi connectivity index (χ0n) is 16.4. The lowest BCUT2D eigenvalue weighted by molar-refractivity contribution is -0.136. The lowest BCUT2D eigenvalue weighted by Gasteiger charge is -2.28. The van der Waals surface area contributed by atoms with Gasteiger partial charge in [0.25, 0.3) is 5.91 Å². The summed E-state index contributed by atoms with van der Waals surface area (Å²) >= 11 is 5.96. The number of hydrogen-bond donors (Lipinski definition) is 0. The number of sulfone groups is 1. The van der Waals surface area contributed by atoms with Crippen LogP contribution in [0.4, 0.5) is 0 Å². The number of amides is 1. The van der Waals surface area contributed by atoms with Crippen LogP contribution >= 0.6 is 11.6 Å². The van der Waals surface area contributed by atoms with Crippen molar-refractivity contribution in [1.29, 1.82) is 0 Å². The lowest BCUT2D eigenvalue weighted by Crippen LogP contribution is -2.43. The minimum absolute atomic E-state index is 0.0251. The number of carbonyl (C=O) groups is 1. The minimum Gasteiger partial charge on any atom is -0.497 e. The Balaban J connectivity index is 1.77. The summed E-state index contributed by atoms with van der Waals surface area (Å²) in [5, 5.41) is 0.594. The molecule has 2 aromatic rings. The highest BCUT2D eigenvalue weighted by Crippen LogP contribution is 2.24. The zero-order valence-corrected chi connectivity index (χ0v) is 18.0. The van der Waals surface area contributed by atoms with E-state index >= 15 is 0 Å². The molecule has 0 spiro atoms. The van der Waals surface area contributed by atoms with Crippen LogP contribution in [0.2, 0.25) is 5.02 Å². The van der Waals surface area contributed by atoms with Crippen molar-refractivity contribution in [2.24, 2.45) is 0 Å². The molecule has 0 saturated carbocycles. The summed E-state index contributed by atoms with van der Waals surface area (Å²) < 4.78 is 34.9. The van der Waals surface area contributed by atoms with Gasteiger partial charge in [0, 0.05) is 17.6 Å². The molecular formula is C21H24ClNO5S. The van der Waals surface area contributed by atoms with Crippen molar-refractivity contribution in [3.8, 4) is 11.5 Å². The maximum Gasteiger partial charge on any atom is 0.261 e. The van der Waals surface area contributed by atoms with Gasteiger partial charge in [-0.05, 0) is 54.8 Å². The molecule has 1 heterocycles. The van der Waals surface area contributed by atoms with Gasteiger partial charge in [-0.1, -0.05) is 23.7 Å². The van der Waals surface area contributed by atoms with E-state index in [4.69, 9.17) is 21.1 Å². The fourth-order valence-corrected chi connectivity index (χ4v) is 5.36. The number of ether oxygens (including phenoxy) is 2. The van der Waals surface area contributed by atoms with E-state index in [1.54, 1.807) is 30.2 Å². The second-order valence-electron chi connectivity index (χ2n) is 7.13. The van der Waals surface area contributed by atoms with Gasteiger partial charge in [-0.2, -0.15) is 0 Å². The molecule has 0 radical (unpaired) electrons. The molecule has 1 fully saturated rings. The number of nitrogens with zero attached hydrogens (tertiary/aromatic N) is 1. The van der Waals surface area contributed by atoms with E-state index in [1.165, 1.54) is 0 Å². The molecule has 0 aromatic heterocycles. The molecule has 0 N–H and O–H groups in total. The van der Waals surface area contributed by atoms with Crippen molar-refractivity contribution in [2.75, 3.05) is 25.2 Å². The van der Waals surface area contributed by atoms with Gasteiger partial charge in [0.2, 0.25) is 0 Å². The van der Waals surface area contributed by atoms with Crippen molar-refractivity contribution in [2.45, 2.75) is 25.9 Å². The Labute approximate surface area is 176 Å². The van der Waals surface area contributed by atoms with Crippen molar-refractivity contribution in [3.63, 3.8) is 0 Å². The van der Waals surface area contributed by atoms with Crippen molar-refractivity contribution in [3.05, 3.63) is 58.6 Å². The van der Waals surface area contributed by atoms with E-state index in [0.29, 0.717) is 29.5 Å². The number of methoxy groups -OCH3 is 1. The van der Waals surface area contributed by atoms with E-state index in [2.05, 4.69) is 0 Å². The molecule has 1 aliphatic heterocycles. The van der Waals surface area contributed by atoms with Gasteiger partial charge >= 0.3 is 0 Å². The fraction of sp³-hybridized carbons (Fsp3) is 0.381. The third-order valence-electron chi connectivity index (χ3n) is 4.94. The smallest absolute Gasteiger partial charge is 0.261 e. The van der Waals surface area contributed by atoms with Crippen molar-refractivity contribution in [1.82, 2.24) is 4.90 Å². The van der Waals surface area contributed by atoms with Gasteiger partial charge in [-0.3, -0.25) is 4.79 Å². The SMILES string of the molecule is COc1cccc(CN(C(=O)COc2ccc(Cl)cc2C)[C@@H]2CCS(=O)(=O)C2)c1. The lowest BCUT2D eigenvalue weighted by atomic mass is 10.1. The molecule has 29 heavy (non-hydrogen) atoms. The summed E-state index contributed by atoms with van der Waals surface area (Å²) in [7, 11) is -1.55. The van der Waals surface area contributed by atoms with Crippen LogP contribution in [0.3, 0.4) is 0 Å². The van der Waals surface area contributed by atoms with Gasteiger partial charge < -0.3 is 14.4 Å². The van der Waals surface area contributed by atoms with Crippen molar-refractivity contribution < 1.29 is 22.7 Å². The Kier molecular flexibility index (Phi) is 6.70. The number of benzene rings is 2. The first-order valence-corrected chi connectivity index (χ1v) is 11.5. The molecule has 6 nitrogen and oxygen atoms in total. The molecule has 8 heteroatoms. The standard InChI is InChI=1S/C21H24ClNO5S/c1-15-10-17(22)6-7-20(15)28-13-21(24)23(18-8-9-29(25,26)14-18)12-16-4-3-5-19(11-16)27-2/h3-7,10-11,18H,8-9,12-14H2,1-2H3/t18-/m1/s1. The van der Waals surface area contributed by atoms with Crippen LogP contribution in [0.15, 0.2) is 42.5 Å². The second-order valence-corrected chi connectivity index (χ2v) is 9.79. The van der Waals surface area contributed by atoms with E-state index in [9.17, 15) is 13.2 Å². The first-order valence-electron chi connectivity index (χ1n) is 9.29. The second kappa shape index (κ2) is 9.05. The monoisotopic (exact) mass is 437 g/mol. The van der Waals surface area contributed by atoms with E-state index < -0.39 is 9.84 Å². The number of aryl methyl sites for hydroxylation is 1. The summed E-state index contributed by atoms with van der Waals surface area (Å²) in [5.41, 5.74) is 1.69. The van der Waals surface area contributed by atoms with Crippen molar-refractivity contribution >= 4 is 27.3 Å². The Hall–Kier alpha value is -2.25. The highest BCUT2D eigenvalue weighted by Gasteiger charge is 2.34.